The number of anilines is 1. The Hall–Kier alpha value is -1.47. The van der Waals surface area contributed by atoms with Crippen LogP contribution in [0.5, 0.6) is 0 Å². The molecule has 2 aromatic rings. The van der Waals surface area contributed by atoms with Gasteiger partial charge in [-0.05, 0) is 83.8 Å². The number of rotatable bonds is 3. The van der Waals surface area contributed by atoms with Gasteiger partial charge in [0.2, 0.25) is 5.91 Å². The Kier molecular flexibility index (Phi) is 5.20. The number of nitrogens with one attached hydrogen (secondary N) is 1. The summed E-state index contributed by atoms with van der Waals surface area (Å²) in [5.41, 5.74) is 2.00. The largest absolute Gasteiger partial charge is 0.381 e. The Morgan fingerprint density at radius 3 is 2.46 bits per heavy atom. The second kappa shape index (κ2) is 7.19. The van der Waals surface area contributed by atoms with Gasteiger partial charge in [0.05, 0.1) is 5.41 Å². The van der Waals surface area contributed by atoms with E-state index in [9.17, 15) is 9.18 Å². The van der Waals surface area contributed by atoms with Gasteiger partial charge in [-0.3, -0.25) is 4.79 Å². The molecule has 0 atom stereocenters. The molecule has 0 saturated carbocycles. The number of amides is 1. The van der Waals surface area contributed by atoms with Crippen LogP contribution in [0.2, 0.25) is 0 Å². The van der Waals surface area contributed by atoms with Crippen molar-refractivity contribution in [2.75, 3.05) is 18.5 Å². The molecule has 1 N–H and O–H groups in total. The summed E-state index contributed by atoms with van der Waals surface area (Å²) in [6.07, 6.45) is 1.18. The first kappa shape index (κ1) is 17.4. The van der Waals surface area contributed by atoms with Crippen molar-refractivity contribution in [3.8, 4) is 0 Å². The second-order valence-electron chi connectivity index (χ2n) is 6.11. The van der Waals surface area contributed by atoms with Gasteiger partial charge in [0, 0.05) is 22.5 Å². The zero-order valence-electron chi connectivity index (χ0n) is 13.4. The fourth-order valence-electron chi connectivity index (χ4n) is 3.14. The van der Waals surface area contributed by atoms with E-state index in [0.29, 0.717) is 26.1 Å². The summed E-state index contributed by atoms with van der Waals surface area (Å²) in [5, 5.41) is 3.07. The summed E-state index contributed by atoms with van der Waals surface area (Å²) in [6, 6.07) is 12.2. The van der Waals surface area contributed by atoms with Crippen LogP contribution in [0.25, 0.3) is 0 Å². The fraction of sp³-hybridized carbons (Fsp3) is 0.316. The molecule has 1 heterocycles. The van der Waals surface area contributed by atoms with Crippen LogP contribution in [-0.2, 0) is 14.9 Å². The number of carbonyl (C=O) groups is 1. The molecule has 2 aromatic carbocycles. The first-order chi connectivity index (χ1) is 11.5. The van der Waals surface area contributed by atoms with E-state index in [1.54, 1.807) is 12.1 Å². The molecule has 5 heteroatoms. The molecule has 0 aromatic heterocycles. The molecule has 0 aliphatic carbocycles. The van der Waals surface area contributed by atoms with Crippen molar-refractivity contribution < 1.29 is 13.9 Å². The number of hydrogen-bond acceptors (Lipinski definition) is 2. The van der Waals surface area contributed by atoms with E-state index >= 15 is 0 Å². The van der Waals surface area contributed by atoms with Crippen LogP contribution in [0.15, 0.2) is 42.5 Å². The zero-order chi connectivity index (χ0) is 17.2. The lowest BCUT2D eigenvalue weighted by Crippen LogP contribution is -2.45. The quantitative estimate of drug-likeness (QED) is 0.720. The van der Waals surface area contributed by atoms with E-state index < -0.39 is 5.41 Å². The van der Waals surface area contributed by atoms with Gasteiger partial charge < -0.3 is 10.1 Å². The number of aryl methyl sites for hydroxylation is 1. The van der Waals surface area contributed by atoms with Gasteiger partial charge >= 0.3 is 0 Å². The summed E-state index contributed by atoms with van der Waals surface area (Å²) in [7, 11) is 0. The molecular formula is C19H19FINO2. The van der Waals surface area contributed by atoms with E-state index in [0.717, 1.165) is 20.4 Å². The van der Waals surface area contributed by atoms with Crippen molar-refractivity contribution in [2.24, 2.45) is 0 Å². The lowest BCUT2D eigenvalue weighted by molar-refractivity contribution is -0.125. The molecule has 1 saturated heterocycles. The molecule has 3 nitrogen and oxygen atoms in total. The first-order valence-electron chi connectivity index (χ1n) is 7.93. The predicted octanol–water partition coefficient (Wildman–Crippen LogP) is 4.43. The minimum atomic E-state index is -0.679. The van der Waals surface area contributed by atoms with Gasteiger partial charge in [0.15, 0.2) is 0 Å². The SMILES string of the molecule is Cc1cc(I)ccc1NC(=O)C1(c2ccc(F)cc2)CCOCC1. The summed E-state index contributed by atoms with van der Waals surface area (Å²) in [5.74, 6) is -0.350. The van der Waals surface area contributed by atoms with Crippen LogP contribution in [0.3, 0.4) is 0 Å². The lowest BCUT2D eigenvalue weighted by atomic mass is 9.73. The van der Waals surface area contributed by atoms with Crippen molar-refractivity contribution in [1.29, 1.82) is 0 Å². The number of hydrogen-bond donors (Lipinski definition) is 1. The molecule has 0 bridgehead atoms. The summed E-state index contributed by atoms with van der Waals surface area (Å²) >= 11 is 2.25. The molecule has 24 heavy (non-hydrogen) atoms. The third-order valence-electron chi connectivity index (χ3n) is 4.61. The van der Waals surface area contributed by atoms with Crippen molar-refractivity contribution >= 4 is 34.2 Å². The Bertz CT molecular complexity index is 740. The van der Waals surface area contributed by atoms with Crippen molar-refractivity contribution in [1.82, 2.24) is 0 Å². The van der Waals surface area contributed by atoms with Crippen LogP contribution < -0.4 is 5.32 Å². The summed E-state index contributed by atoms with van der Waals surface area (Å²) in [4.78, 5) is 13.1. The first-order valence-corrected chi connectivity index (χ1v) is 9.00. The molecule has 0 spiro atoms. The third-order valence-corrected chi connectivity index (χ3v) is 5.29. The normalized spacial score (nSPS) is 16.6. The van der Waals surface area contributed by atoms with Gasteiger partial charge in [0.25, 0.3) is 0 Å². The summed E-state index contributed by atoms with van der Waals surface area (Å²) < 4.78 is 19.9. The molecule has 1 amide bonds. The Morgan fingerprint density at radius 1 is 1.17 bits per heavy atom. The van der Waals surface area contributed by atoms with Gasteiger partial charge in [-0.1, -0.05) is 12.1 Å². The molecular weight excluding hydrogens is 420 g/mol. The molecule has 3 rings (SSSR count). The van der Waals surface area contributed by atoms with Gasteiger partial charge in [-0.15, -0.1) is 0 Å². The maximum Gasteiger partial charge on any atom is 0.235 e. The molecule has 1 aliphatic heterocycles. The van der Waals surface area contributed by atoms with E-state index in [-0.39, 0.29) is 11.7 Å². The van der Waals surface area contributed by atoms with E-state index in [4.69, 9.17) is 4.74 Å². The second-order valence-corrected chi connectivity index (χ2v) is 7.36. The maximum absolute atomic E-state index is 13.3. The van der Waals surface area contributed by atoms with E-state index in [1.807, 2.05) is 25.1 Å². The molecule has 1 aliphatic rings. The number of halogens is 2. The smallest absolute Gasteiger partial charge is 0.235 e. The average Bonchev–Trinajstić information content (AvgIpc) is 2.58. The molecule has 0 unspecified atom stereocenters. The molecule has 1 fully saturated rings. The number of carbonyl (C=O) groups excluding carboxylic acids is 1. The average molecular weight is 439 g/mol. The van der Waals surface area contributed by atoms with Crippen molar-refractivity contribution in [3.05, 3.63) is 63.0 Å². The predicted molar refractivity (Wildman–Crippen MR) is 101 cm³/mol. The minimum absolute atomic E-state index is 0.0540. The standard InChI is InChI=1S/C19H19FINO2/c1-13-12-16(21)6-7-17(13)22-18(23)19(8-10-24-11-9-19)14-2-4-15(20)5-3-14/h2-7,12H,8-11H2,1H3,(H,22,23). The van der Waals surface area contributed by atoms with Gasteiger partial charge in [-0.25, -0.2) is 4.39 Å². The van der Waals surface area contributed by atoms with Gasteiger partial charge in [0.1, 0.15) is 5.82 Å². The van der Waals surface area contributed by atoms with E-state index in [2.05, 4.69) is 27.9 Å². The van der Waals surface area contributed by atoms with Crippen molar-refractivity contribution in [3.63, 3.8) is 0 Å². The zero-order valence-corrected chi connectivity index (χ0v) is 15.6. The van der Waals surface area contributed by atoms with Gasteiger partial charge in [-0.2, -0.15) is 0 Å². The monoisotopic (exact) mass is 439 g/mol. The van der Waals surface area contributed by atoms with Crippen LogP contribution in [0.1, 0.15) is 24.0 Å². The third kappa shape index (κ3) is 3.47. The molecule has 0 radical (unpaired) electrons. The maximum atomic E-state index is 13.3. The number of benzene rings is 2. The number of ether oxygens (including phenoxy) is 1. The highest BCUT2D eigenvalue weighted by molar-refractivity contribution is 14.1. The summed E-state index contributed by atoms with van der Waals surface area (Å²) in [6.45, 7) is 3.03. The highest BCUT2D eigenvalue weighted by Crippen LogP contribution is 2.36. The van der Waals surface area contributed by atoms with Crippen LogP contribution in [-0.4, -0.2) is 19.1 Å². The Labute approximate surface area is 154 Å². The van der Waals surface area contributed by atoms with Crippen molar-refractivity contribution in [2.45, 2.75) is 25.2 Å². The van der Waals surface area contributed by atoms with Crippen LogP contribution in [0, 0.1) is 16.3 Å². The fourth-order valence-corrected chi connectivity index (χ4v) is 3.79. The van der Waals surface area contributed by atoms with Crippen LogP contribution in [0.4, 0.5) is 10.1 Å². The minimum Gasteiger partial charge on any atom is -0.381 e. The lowest BCUT2D eigenvalue weighted by Gasteiger charge is -2.36. The highest BCUT2D eigenvalue weighted by Gasteiger charge is 2.41. The molecule has 126 valence electrons. The Balaban J connectivity index is 1.93. The highest BCUT2D eigenvalue weighted by atomic mass is 127. The van der Waals surface area contributed by atoms with E-state index in [1.165, 1.54) is 12.1 Å². The topological polar surface area (TPSA) is 38.3 Å². The van der Waals surface area contributed by atoms with Crippen LogP contribution >= 0.6 is 22.6 Å². The Morgan fingerprint density at radius 2 is 1.83 bits per heavy atom.